The molecule has 3 amide bonds. The lowest BCUT2D eigenvalue weighted by atomic mass is 10.1. The zero-order valence-corrected chi connectivity index (χ0v) is 15.5. The number of anilines is 2. The van der Waals surface area contributed by atoms with Gasteiger partial charge in [-0.05, 0) is 30.5 Å². The highest BCUT2D eigenvalue weighted by Crippen LogP contribution is 2.25. The van der Waals surface area contributed by atoms with Crippen LogP contribution >= 0.6 is 11.3 Å². The van der Waals surface area contributed by atoms with Crippen LogP contribution in [0.5, 0.6) is 0 Å². The molecule has 138 valence electrons. The number of nitrogens with zero attached hydrogens (tertiary/aromatic N) is 2. The van der Waals surface area contributed by atoms with E-state index in [1.165, 1.54) is 11.8 Å². The molecule has 2 N–H and O–H groups in total. The summed E-state index contributed by atoms with van der Waals surface area (Å²) in [6.45, 7) is 1.39. The summed E-state index contributed by atoms with van der Waals surface area (Å²) in [4.78, 5) is 40.4. The molecule has 0 aliphatic heterocycles. The van der Waals surface area contributed by atoms with Crippen molar-refractivity contribution < 1.29 is 19.5 Å². The Balaban J connectivity index is 2.14. The van der Waals surface area contributed by atoms with E-state index in [1.807, 2.05) is 0 Å². The molecule has 0 aliphatic carbocycles. The summed E-state index contributed by atoms with van der Waals surface area (Å²) in [5.74, 6) is -0.409. The maximum absolute atomic E-state index is 12.3. The third-order valence-corrected chi connectivity index (χ3v) is 4.43. The predicted octanol–water partition coefficient (Wildman–Crippen LogP) is 1.34. The molecule has 0 unspecified atom stereocenters. The third-order valence-electron chi connectivity index (χ3n) is 3.43. The van der Waals surface area contributed by atoms with Gasteiger partial charge in [0.25, 0.3) is 5.91 Å². The minimum Gasteiger partial charge on any atom is -0.530 e. The summed E-state index contributed by atoms with van der Waals surface area (Å²) in [5.41, 5.74) is 2.01. The molecule has 0 radical (unpaired) electrons. The van der Waals surface area contributed by atoms with E-state index in [-0.39, 0.29) is 11.8 Å². The predicted molar refractivity (Wildman–Crippen MR) is 97.3 cm³/mol. The van der Waals surface area contributed by atoms with E-state index in [0.717, 1.165) is 16.9 Å². The van der Waals surface area contributed by atoms with Crippen LogP contribution in [0.4, 0.5) is 15.6 Å². The van der Waals surface area contributed by atoms with Gasteiger partial charge < -0.3 is 25.4 Å². The zero-order valence-electron chi connectivity index (χ0n) is 14.7. The molecule has 0 atom stereocenters. The normalized spacial score (nSPS) is 10.3. The first kappa shape index (κ1) is 19.4. The fourth-order valence-corrected chi connectivity index (χ4v) is 3.31. The van der Waals surface area contributed by atoms with E-state index >= 15 is 0 Å². The number of aryl methyl sites for hydroxylation is 2. The number of nitrogens with one attached hydrogen (secondary N) is 2. The van der Waals surface area contributed by atoms with Gasteiger partial charge in [0.1, 0.15) is 11.0 Å². The topological polar surface area (TPSA) is 114 Å². The molecule has 1 aromatic heterocycles. The fourth-order valence-electron chi connectivity index (χ4n) is 2.23. The monoisotopic (exact) mass is 375 g/mol. The number of hydrogen-bond donors (Lipinski definition) is 2. The Labute approximate surface area is 154 Å². The summed E-state index contributed by atoms with van der Waals surface area (Å²) in [6, 6.07) is 6.86. The Hall–Kier alpha value is -2.94. The molecule has 2 aromatic rings. The molecule has 0 saturated carbocycles. The SMILES string of the molecule is CC(=O)Nc1nc(CCc2ccc(NC(=O)[O-])cc2)c(C(=O)N(C)C)s1. The van der Waals surface area contributed by atoms with Crippen LogP contribution in [0.1, 0.15) is 27.9 Å². The van der Waals surface area contributed by atoms with E-state index in [4.69, 9.17) is 0 Å². The van der Waals surface area contributed by atoms with E-state index in [0.29, 0.717) is 34.2 Å². The van der Waals surface area contributed by atoms with Crippen molar-refractivity contribution in [1.29, 1.82) is 0 Å². The molecule has 0 aliphatic rings. The van der Waals surface area contributed by atoms with Crippen molar-refractivity contribution in [2.45, 2.75) is 19.8 Å². The first-order chi connectivity index (χ1) is 12.3. The standard InChI is InChI=1S/C17H20N4O4S/c1-10(22)18-16-20-13(14(26-16)15(23)21(2)3)9-6-11-4-7-12(8-5-11)19-17(24)25/h4-5,7-8,19H,6,9H2,1-3H3,(H,24,25)(H,18,20,22)/p-1. The minimum atomic E-state index is -1.36. The van der Waals surface area contributed by atoms with Gasteiger partial charge in [0, 0.05) is 26.7 Å². The number of carboxylic acid groups (broad SMARTS) is 1. The molecule has 26 heavy (non-hydrogen) atoms. The average molecular weight is 375 g/mol. The second kappa shape index (κ2) is 8.43. The first-order valence-corrected chi connectivity index (χ1v) is 8.63. The lowest BCUT2D eigenvalue weighted by molar-refractivity contribution is -0.242. The second-order valence-corrected chi connectivity index (χ2v) is 6.78. The van der Waals surface area contributed by atoms with Crippen LogP contribution in [0, 0.1) is 0 Å². The molecule has 1 heterocycles. The van der Waals surface area contributed by atoms with Crippen LogP contribution in [-0.4, -0.2) is 41.9 Å². The van der Waals surface area contributed by atoms with Crippen molar-refractivity contribution >= 4 is 40.1 Å². The van der Waals surface area contributed by atoms with Crippen LogP contribution in [-0.2, 0) is 17.6 Å². The second-order valence-electron chi connectivity index (χ2n) is 5.78. The lowest BCUT2D eigenvalue weighted by Gasteiger charge is -2.10. The number of aromatic nitrogens is 1. The Bertz CT molecular complexity index is 815. The van der Waals surface area contributed by atoms with Gasteiger partial charge in [-0.3, -0.25) is 9.59 Å². The van der Waals surface area contributed by atoms with E-state index in [2.05, 4.69) is 15.6 Å². The number of carbonyl (C=O) groups is 3. The molecule has 0 spiro atoms. The molecule has 9 heteroatoms. The van der Waals surface area contributed by atoms with Gasteiger partial charge in [-0.25, -0.2) is 4.98 Å². The Morgan fingerprint density at radius 3 is 2.31 bits per heavy atom. The highest BCUT2D eigenvalue weighted by molar-refractivity contribution is 7.17. The molecule has 8 nitrogen and oxygen atoms in total. The number of thiazole rings is 1. The molecular weight excluding hydrogens is 356 g/mol. The molecule has 0 fully saturated rings. The fraction of sp³-hybridized carbons (Fsp3) is 0.294. The average Bonchev–Trinajstić information content (AvgIpc) is 2.94. The minimum absolute atomic E-state index is 0.164. The summed E-state index contributed by atoms with van der Waals surface area (Å²) in [6.07, 6.45) is -0.238. The van der Waals surface area contributed by atoms with Crippen LogP contribution in [0.2, 0.25) is 0 Å². The van der Waals surface area contributed by atoms with Crippen LogP contribution in [0.25, 0.3) is 0 Å². The van der Waals surface area contributed by atoms with Crippen molar-refractivity contribution in [2.75, 3.05) is 24.7 Å². The summed E-state index contributed by atoms with van der Waals surface area (Å²) >= 11 is 1.15. The van der Waals surface area contributed by atoms with Gasteiger partial charge in [-0.1, -0.05) is 23.5 Å². The number of benzene rings is 1. The summed E-state index contributed by atoms with van der Waals surface area (Å²) in [5, 5.41) is 15.7. The van der Waals surface area contributed by atoms with Gasteiger partial charge in [-0.15, -0.1) is 0 Å². The first-order valence-electron chi connectivity index (χ1n) is 7.82. The van der Waals surface area contributed by atoms with E-state index in [1.54, 1.807) is 38.4 Å². The Morgan fingerprint density at radius 1 is 1.12 bits per heavy atom. The maximum Gasteiger partial charge on any atom is 0.265 e. The van der Waals surface area contributed by atoms with Gasteiger partial charge in [0.15, 0.2) is 5.13 Å². The van der Waals surface area contributed by atoms with Crippen LogP contribution < -0.4 is 15.7 Å². The largest absolute Gasteiger partial charge is 0.530 e. The molecule has 2 rings (SSSR count). The quantitative estimate of drug-likeness (QED) is 0.791. The van der Waals surface area contributed by atoms with Crippen LogP contribution in [0.15, 0.2) is 24.3 Å². The lowest BCUT2D eigenvalue weighted by Crippen LogP contribution is -2.28. The highest BCUT2D eigenvalue weighted by Gasteiger charge is 2.20. The smallest absolute Gasteiger partial charge is 0.265 e. The number of amides is 3. The Kier molecular flexibility index (Phi) is 6.29. The van der Waals surface area contributed by atoms with Gasteiger partial charge in [0.05, 0.1) is 5.69 Å². The summed E-state index contributed by atoms with van der Waals surface area (Å²) < 4.78 is 0. The summed E-state index contributed by atoms with van der Waals surface area (Å²) in [7, 11) is 3.32. The van der Waals surface area contributed by atoms with Gasteiger partial charge in [-0.2, -0.15) is 0 Å². The zero-order chi connectivity index (χ0) is 19.3. The maximum atomic E-state index is 12.3. The van der Waals surface area contributed by atoms with Crippen molar-refractivity contribution in [3.05, 3.63) is 40.4 Å². The highest BCUT2D eigenvalue weighted by atomic mass is 32.1. The Morgan fingerprint density at radius 2 is 1.77 bits per heavy atom. The van der Waals surface area contributed by atoms with Crippen LogP contribution in [0.3, 0.4) is 0 Å². The van der Waals surface area contributed by atoms with Crippen molar-refractivity contribution in [3.8, 4) is 0 Å². The number of rotatable bonds is 6. The van der Waals surface area contributed by atoms with Gasteiger partial charge >= 0.3 is 0 Å². The van der Waals surface area contributed by atoms with E-state index in [9.17, 15) is 19.5 Å². The van der Waals surface area contributed by atoms with Crippen molar-refractivity contribution in [1.82, 2.24) is 9.88 Å². The molecule has 0 bridgehead atoms. The number of carbonyl (C=O) groups excluding carboxylic acids is 3. The van der Waals surface area contributed by atoms with Crippen molar-refractivity contribution in [3.63, 3.8) is 0 Å². The molecule has 0 saturated heterocycles. The van der Waals surface area contributed by atoms with Gasteiger partial charge in [0.2, 0.25) is 5.91 Å². The van der Waals surface area contributed by atoms with E-state index < -0.39 is 6.09 Å². The molecular formula is C17H19N4O4S-. The van der Waals surface area contributed by atoms with Crippen molar-refractivity contribution in [2.24, 2.45) is 0 Å². The number of hydrogen-bond acceptors (Lipinski definition) is 6. The molecule has 1 aromatic carbocycles. The third kappa shape index (κ3) is 5.28.